The molecule has 2 aliphatic rings. The topological polar surface area (TPSA) is 70.9 Å². The molecule has 4 heterocycles. The number of ether oxygens (including phenoxy) is 1. The number of rotatable bonds is 5. The van der Waals surface area contributed by atoms with Gasteiger partial charge in [-0.05, 0) is 83.2 Å². The predicted molar refractivity (Wildman–Crippen MR) is 147 cm³/mol. The van der Waals surface area contributed by atoms with Crippen LogP contribution in [-0.2, 0) is 0 Å². The zero-order valence-electron chi connectivity index (χ0n) is 21.6. The molecule has 6 rings (SSSR count). The van der Waals surface area contributed by atoms with Crippen molar-refractivity contribution in [3.05, 3.63) is 53.5 Å². The molecular formula is C28H34FN5O2S. The quantitative estimate of drug-likeness (QED) is 0.363. The van der Waals surface area contributed by atoms with Crippen molar-refractivity contribution < 1.29 is 13.9 Å². The van der Waals surface area contributed by atoms with Crippen LogP contribution in [0.15, 0.2) is 36.5 Å². The number of nitrogens with one attached hydrogen (secondary N) is 2. The number of benzene rings is 2. The lowest BCUT2D eigenvalue weighted by Gasteiger charge is -2.28. The maximum atomic E-state index is 14.8. The number of carbonyl (C=O) groups excluding carboxylic acids is 1. The van der Waals surface area contributed by atoms with E-state index in [4.69, 9.17) is 4.74 Å². The van der Waals surface area contributed by atoms with Gasteiger partial charge >= 0.3 is 0 Å². The highest BCUT2D eigenvalue weighted by molar-refractivity contribution is 7.23. The van der Waals surface area contributed by atoms with E-state index < -0.39 is 0 Å². The highest BCUT2D eigenvalue weighted by Gasteiger charge is 2.20. The Hall–Kier alpha value is -2.85. The molecular weight excluding hydrogens is 489 g/mol. The Balaban J connectivity index is 0.000000265. The van der Waals surface area contributed by atoms with Crippen molar-refractivity contribution in [2.24, 2.45) is 0 Å². The molecule has 2 aliphatic heterocycles. The smallest absolute Gasteiger partial charge is 0.195 e. The predicted octanol–water partition coefficient (Wildman–Crippen LogP) is 4.90. The van der Waals surface area contributed by atoms with Gasteiger partial charge in [0, 0.05) is 29.9 Å². The van der Waals surface area contributed by atoms with E-state index in [0.29, 0.717) is 22.6 Å². The summed E-state index contributed by atoms with van der Waals surface area (Å²) in [6.07, 6.45) is 7.39. The number of thiazole rings is 1. The van der Waals surface area contributed by atoms with Gasteiger partial charge in [0.2, 0.25) is 0 Å². The van der Waals surface area contributed by atoms with Crippen molar-refractivity contribution in [1.29, 1.82) is 0 Å². The summed E-state index contributed by atoms with van der Waals surface area (Å²) in [6.45, 7) is 3.49. The number of methoxy groups -OCH3 is 1. The third-order valence-electron chi connectivity index (χ3n) is 7.43. The van der Waals surface area contributed by atoms with Gasteiger partial charge in [-0.2, -0.15) is 0 Å². The van der Waals surface area contributed by atoms with Crippen LogP contribution in [0.2, 0.25) is 0 Å². The first-order valence-corrected chi connectivity index (χ1v) is 13.7. The summed E-state index contributed by atoms with van der Waals surface area (Å²) in [6, 6.07) is 10.0. The van der Waals surface area contributed by atoms with E-state index in [2.05, 4.69) is 34.6 Å². The molecule has 0 radical (unpaired) electrons. The lowest BCUT2D eigenvalue weighted by Crippen LogP contribution is -2.39. The van der Waals surface area contributed by atoms with Gasteiger partial charge < -0.3 is 20.3 Å². The second kappa shape index (κ2) is 11.3. The summed E-state index contributed by atoms with van der Waals surface area (Å²) in [4.78, 5) is 19.0. The van der Waals surface area contributed by atoms with Gasteiger partial charge in [-0.15, -0.1) is 0 Å². The highest BCUT2D eigenvalue weighted by atomic mass is 32.1. The number of halogens is 1. The molecule has 2 fully saturated rings. The molecule has 7 nitrogen and oxygen atoms in total. The fraction of sp³-hybridized carbons (Fsp3) is 0.429. The number of carbonyl (C=O) groups is 1. The Morgan fingerprint density at radius 3 is 2.68 bits per heavy atom. The molecule has 37 heavy (non-hydrogen) atoms. The molecule has 0 amide bonds. The molecule has 1 unspecified atom stereocenters. The van der Waals surface area contributed by atoms with Gasteiger partial charge in [0.15, 0.2) is 11.2 Å². The normalized spacial score (nSPS) is 18.8. The van der Waals surface area contributed by atoms with Crippen molar-refractivity contribution in [2.45, 2.75) is 37.8 Å². The first kappa shape index (κ1) is 25.8. The lowest BCUT2D eigenvalue weighted by molar-refractivity contribution is 0.112. The molecule has 9 heteroatoms. The van der Waals surface area contributed by atoms with E-state index >= 15 is 0 Å². The molecule has 0 bridgehead atoms. The SMILES string of the molecule is CNC1CCN(C)CC1.COc1cc2c(cc1C=O)sc1nc(-c3ccc(C4CCCN4)cc3F)cn12. The second-order valence-electron chi connectivity index (χ2n) is 9.81. The summed E-state index contributed by atoms with van der Waals surface area (Å²) in [5.41, 5.74) is 3.45. The minimum Gasteiger partial charge on any atom is -0.496 e. The number of hydrogen-bond acceptors (Lipinski definition) is 7. The molecule has 2 aromatic heterocycles. The third kappa shape index (κ3) is 5.40. The van der Waals surface area contributed by atoms with E-state index in [-0.39, 0.29) is 11.9 Å². The molecule has 1 atom stereocenters. The van der Waals surface area contributed by atoms with Crippen LogP contribution in [0.4, 0.5) is 4.39 Å². The van der Waals surface area contributed by atoms with Gasteiger partial charge in [-0.1, -0.05) is 17.4 Å². The van der Waals surface area contributed by atoms with Crippen LogP contribution in [-0.4, -0.2) is 67.5 Å². The number of aldehydes is 1. The number of likely N-dealkylation sites (tertiary alicyclic amines) is 1. The maximum Gasteiger partial charge on any atom is 0.195 e. The van der Waals surface area contributed by atoms with E-state index in [1.807, 2.05) is 28.8 Å². The van der Waals surface area contributed by atoms with E-state index in [9.17, 15) is 9.18 Å². The summed E-state index contributed by atoms with van der Waals surface area (Å²) in [5.74, 6) is 0.249. The molecule has 2 N–H and O–H groups in total. The molecule has 4 aromatic rings. The fourth-order valence-electron chi connectivity index (χ4n) is 5.16. The van der Waals surface area contributed by atoms with Crippen molar-refractivity contribution >= 4 is 32.8 Å². The Kier molecular flexibility index (Phi) is 7.85. The zero-order valence-corrected chi connectivity index (χ0v) is 22.4. The number of nitrogens with zero attached hydrogens (tertiary/aromatic N) is 3. The average molecular weight is 524 g/mol. The summed E-state index contributed by atoms with van der Waals surface area (Å²) >= 11 is 1.46. The zero-order chi connectivity index (χ0) is 25.9. The molecule has 2 aromatic carbocycles. The number of aromatic nitrogens is 2. The van der Waals surface area contributed by atoms with Gasteiger partial charge in [-0.25, -0.2) is 9.37 Å². The number of fused-ring (bicyclic) bond motifs is 3. The summed E-state index contributed by atoms with van der Waals surface area (Å²) < 4.78 is 23.0. The molecule has 2 saturated heterocycles. The Bertz CT molecular complexity index is 1390. The lowest BCUT2D eigenvalue weighted by atomic mass is 10.0. The molecule has 0 aliphatic carbocycles. The van der Waals surface area contributed by atoms with E-state index in [0.717, 1.165) is 52.5 Å². The van der Waals surface area contributed by atoms with Crippen molar-refractivity contribution in [2.75, 3.05) is 40.8 Å². The van der Waals surface area contributed by atoms with Gasteiger partial charge in [0.25, 0.3) is 0 Å². The summed E-state index contributed by atoms with van der Waals surface area (Å²) in [7, 11) is 5.77. The van der Waals surface area contributed by atoms with Crippen LogP contribution >= 0.6 is 11.3 Å². The Morgan fingerprint density at radius 1 is 1.22 bits per heavy atom. The monoisotopic (exact) mass is 523 g/mol. The van der Waals surface area contributed by atoms with Crippen LogP contribution < -0.4 is 15.4 Å². The minimum absolute atomic E-state index is 0.234. The first-order chi connectivity index (χ1) is 18.0. The highest BCUT2D eigenvalue weighted by Crippen LogP contribution is 2.34. The number of hydrogen-bond donors (Lipinski definition) is 2. The largest absolute Gasteiger partial charge is 0.496 e. The second-order valence-corrected chi connectivity index (χ2v) is 10.8. The number of piperidine rings is 1. The summed E-state index contributed by atoms with van der Waals surface area (Å²) in [5, 5.41) is 6.69. The van der Waals surface area contributed by atoms with E-state index in [1.165, 1.54) is 44.4 Å². The van der Waals surface area contributed by atoms with Crippen LogP contribution in [0, 0.1) is 5.82 Å². The molecule has 196 valence electrons. The van der Waals surface area contributed by atoms with Crippen LogP contribution in [0.3, 0.4) is 0 Å². The van der Waals surface area contributed by atoms with Crippen molar-refractivity contribution in [3.63, 3.8) is 0 Å². The van der Waals surface area contributed by atoms with Gasteiger partial charge in [-0.3, -0.25) is 9.20 Å². The maximum absolute atomic E-state index is 14.8. The molecule has 0 saturated carbocycles. The average Bonchev–Trinajstić information content (AvgIpc) is 3.66. The molecule has 0 spiro atoms. The van der Waals surface area contributed by atoms with Gasteiger partial charge in [0.1, 0.15) is 11.6 Å². The standard InChI is InChI=1S/C21H18FN3O2S.C7H16N2/c1-27-19-9-18-20(8-13(19)11-26)28-21-24-17(10-25(18)21)14-5-4-12(7-15(14)22)16-3-2-6-23-16;1-8-7-3-5-9(2)6-4-7/h4-5,7-11,16,23H,2-3,6H2,1H3;7-8H,3-6H2,1-2H3. The first-order valence-electron chi connectivity index (χ1n) is 12.8. The van der Waals surface area contributed by atoms with Crippen LogP contribution in [0.25, 0.3) is 26.4 Å². The van der Waals surface area contributed by atoms with E-state index in [1.54, 1.807) is 12.1 Å². The van der Waals surface area contributed by atoms with Crippen molar-refractivity contribution in [1.82, 2.24) is 24.9 Å². The van der Waals surface area contributed by atoms with Crippen LogP contribution in [0.5, 0.6) is 5.75 Å². The van der Waals surface area contributed by atoms with Crippen molar-refractivity contribution in [3.8, 4) is 17.0 Å². The van der Waals surface area contributed by atoms with Gasteiger partial charge in [0.05, 0.1) is 28.6 Å². The fourth-order valence-corrected chi connectivity index (χ4v) is 6.20. The Labute approximate surface area is 220 Å². The Morgan fingerprint density at radius 2 is 2.03 bits per heavy atom. The minimum atomic E-state index is -0.262. The third-order valence-corrected chi connectivity index (χ3v) is 8.45. The number of imidazole rings is 1. The van der Waals surface area contributed by atoms with Crippen LogP contribution in [0.1, 0.15) is 47.6 Å².